The molecular formula is C26H28N4O3. The second kappa shape index (κ2) is 8.73. The summed E-state index contributed by atoms with van der Waals surface area (Å²) in [5, 5.41) is 20.9. The van der Waals surface area contributed by atoms with E-state index in [0.29, 0.717) is 23.5 Å². The maximum Gasteiger partial charge on any atom is 0.342 e. The molecule has 2 fully saturated rings. The minimum absolute atomic E-state index is 0.00260. The van der Waals surface area contributed by atoms with Crippen LogP contribution in [0.15, 0.2) is 48.5 Å². The summed E-state index contributed by atoms with van der Waals surface area (Å²) < 4.78 is 1.43. The maximum atomic E-state index is 13.0. The van der Waals surface area contributed by atoms with Crippen LogP contribution in [0.2, 0.25) is 0 Å². The van der Waals surface area contributed by atoms with Crippen LogP contribution in [0.5, 0.6) is 5.75 Å². The fourth-order valence-corrected chi connectivity index (χ4v) is 4.05. The van der Waals surface area contributed by atoms with Crippen LogP contribution < -0.4 is 10.6 Å². The van der Waals surface area contributed by atoms with Crippen LogP contribution >= 0.6 is 0 Å². The molecule has 1 heterocycles. The second-order valence-corrected chi connectivity index (χ2v) is 9.13. The Hall–Kier alpha value is -3.61. The van der Waals surface area contributed by atoms with Gasteiger partial charge in [-0.15, -0.1) is 0 Å². The molecule has 3 aromatic rings. The van der Waals surface area contributed by atoms with Gasteiger partial charge in [-0.2, -0.15) is 9.78 Å². The molecule has 7 heteroatoms. The van der Waals surface area contributed by atoms with Crippen molar-refractivity contribution in [3.63, 3.8) is 0 Å². The average molecular weight is 445 g/mol. The number of phenols is 1. The normalized spacial score (nSPS) is 15.7. The molecule has 0 spiro atoms. The van der Waals surface area contributed by atoms with E-state index >= 15 is 0 Å². The summed E-state index contributed by atoms with van der Waals surface area (Å²) in [5.74, 6) is 0.423. The second-order valence-electron chi connectivity index (χ2n) is 9.13. The predicted octanol–water partition coefficient (Wildman–Crippen LogP) is 4.94. The first-order chi connectivity index (χ1) is 16.0. The third-order valence-corrected chi connectivity index (χ3v) is 6.51. The number of aromatic hydroxyl groups is 1. The lowest BCUT2D eigenvalue weighted by Gasteiger charge is -2.25. The Morgan fingerprint density at radius 2 is 1.82 bits per heavy atom. The number of benzene rings is 2. The fraction of sp³-hybridized carbons (Fsp3) is 0.346. The van der Waals surface area contributed by atoms with E-state index in [9.17, 15) is 14.7 Å². The molecule has 2 amide bonds. The number of carbonyl (C=O) groups is 2. The van der Waals surface area contributed by atoms with Crippen LogP contribution in [0.25, 0.3) is 11.3 Å². The molecule has 0 bridgehead atoms. The van der Waals surface area contributed by atoms with Crippen LogP contribution in [-0.2, 0) is 11.3 Å². The van der Waals surface area contributed by atoms with E-state index in [4.69, 9.17) is 0 Å². The van der Waals surface area contributed by atoms with Crippen molar-refractivity contribution >= 4 is 17.6 Å². The monoisotopic (exact) mass is 444 g/mol. The lowest BCUT2D eigenvalue weighted by molar-refractivity contribution is -0.117. The molecule has 2 saturated carbocycles. The first kappa shape index (κ1) is 21.2. The standard InChI is InChI=1S/C26H28N4O3/c1-16-5-7-17(8-6-16)15-27-26(33)30-23(18-3-2-4-18)14-22(29-30)21-13-20(11-12-24(21)31)28-25(32)19-9-10-19/h5-8,11-14,18-19,31H,2-4,9-10,15H2,1H3,(H,27,33)(H,28,32). The number of aryl methyl sites for hydroxylation is 1. The summed E-state index contributed by atoms with van der Waals surface area (Å²) in [6.45, 7) is 2.44. The van der Waals surface area contributed by atoms with E-state index < -0.39 is 0 Å². The largest absolute Gasteiger partial charge is 0.507 e. The maximum absolute atomic E-state index is 13.0. The zero-order chi connectivity index (χ0) is 22.9. The Bertz CT molecular complexity index is 1190. The van der Waals surface area contributed by atoms with Crippen molar-refractivity contribution in [2.24, 2.45) is 5.92 Å². The van der Waals surface area contributed by atoms with Gasteiger partial charge in [0.2, 0.25) is 5.91 Å². The number of anilines is 1. The van der Waals surface area contributed by atoms with Crippen molar-refractivity contribution in [2.45, 2.75) is 51.5 Å². The van der Waals surface area contributed by atoms with Crippen molar-refractivity contribution in [2.75, 3.05) is 5.32 Å². The Kier molecular flexibility index (Phi) is 5.62. The number of hydrogen-bond acceptors (Lipinski definition) is 4. The highest BCUT2D eigenvalue weighted by atomic mass is 16.3. The first-order valence-electron chi connectivity index (χ1n) is 11.6. The zero-order valence-corrected chi connectivity index (χ0v) is 18.7. The van der Waals surface area contributed by atoms with E-state index in [1.165, 1.54) is 10.2 Å². The minimum atomic E-state index is -0.290. The molecule has 2 aliphatic carbocycles. The van der Waals surface area contributed by atoms with Gasteiger partial charge in [0, 0.05) is 29.6 Å². The molecule has 5 rings (SSSR count). The first-order valence-corrected chi connectivity index (χ1v) is 11.6. The summed E-state index contributed by atoms with van der Waals surface area (Å²) in [6.07, 6.45) is 5.00. The topological polar surface area (TPSA) is 96.3 Å². The van der Waals surface area contributed by atoms with E-state index in [2.05, 4.69) is 15.7 Å². The number of phenolic OH excluding ortho intramolecular Hbond substituents is 1. The average Bonchev–Trinajstić information content (AvgIpc) is 3.54. The van der Waals surface area contributed by atoms with Gasteiger partial charge < -0.3 is 15.7 Å². The van der Waals surface area contributed by atoms with E-state index in [1.807, 2.05) is 37.3 Å². The van der Waals surface area contributed by atoms with Crippen LogP contribution in [-0.4, -0.2) is 26.8 Å². The third kappa shape index (κ3) is 4.62. The number of hydrogen-bond donors (Lipinski definition) is 3. The Balaban J connectivity index is 1.40. The predicted molar refractivity (Wildman–Crippen MR) is 126 cm³/mol. The van der Waals surface area contributed by atoms with Gasteiger partial charge in [-0.25, -0.2) is 4.79 Å². The summed E-state index contributed by atoms with van der Waals surface area (Å²) in [4.78, 5) is 25.2. The number of aromatic nitrogens is 2. The van der Waals surface area contributed by atoms with Crippen LogP contribution in [0.3, 0.4) is 0 Å². The van der Waals surface area contributed by atoms with E-state index in [0.717, 1.165) is 43.4 Å². The highest BCUT2D eigenvalue weighted by Gasteiger charge is 2.30. The number of nitrogens with zero attached hydrogens (tertiary/aromatic N) is 2. The fourth-order valence-electron chi connectivity index (χ4n) is 4.05. The lowest BCUT2D eigenvalue weighted by atomic mass is 9.82. The Labute approximate surface area is 192 Å². The molecule has 1 aromatic heterocycles. The van der Waals surface area contributed by atoms with Gasteiger partial charge in [-0.1, -0.05) is 36.2 Å². The smallest absolute Gasteiger partial charge is 0.342 e. The van der Waals surface area contributed by atoms with Crippen LogP contribution in [0.1, 0.15) is 54.8 Å². The molecule has 0 atom stereocenters. The van der Waals surface area contributed by atoms with Gasteiger partial charge in [0.25, 0.3) is 0 Å². The van der Waals surface area contributed by atoms with Gasteiger partial charge in [0.15, 0.2) is 0 Å². The van der Waals surface area contributed by atoms with Gasteiger partial charge in [-0.05, 0) is 62.4 Å². The summed E-state index contributed by atoms with van der Waals surface area (Å²) in [5.41, 5.74) is 4.66. The number of carbonyl (C=O) groups excluding carboxylic acids is 2. The summed E-state index contributed by atoms with van der Waals surface area (Å²) in [7, 11) is 0. The van der Waals surface area contributed by atoms with Crippen LogP contribution in [0.4, 0.5) is 10.5 Å². The highest BCUT2D eigenvalue weighted by Crippen LogP contribution is 2.39. The SMILES string of the molecule is Cc1ccc(CNC(=O)n2nc(-c3cc(NC(=O)C4CC4)ccc3O)cc2C2CCC2)cc1. The lowest BCUT2D eigenvalue weighted by Crippen LogP contribution is -2.31. The van der Waals surface area contributed by atoms with Crippen molar-refractivity contribution in [3.8, 4) is 17.0 Å². The molecule has 33 heavy (non-hydrogen) atoms. The molecule has 7 nitrogen and oxygen atoms in total. The third-order valence-electron chi connectivity index (χ3n) is 6.51. The number of nitrogens with one attached hydrogen (secondary N) is 2. The molecule has 3 N–H and O–H groups in total. The number of rotatable bonds is 6. The van der Waals surface area contributed by atoms with Crippen molar-refractivity contribution in [1.82, 2.24) is 15.1 Å². The van der Waals surface area contributed by atoms with E-state index in [-0.39, 0.29) is 29.5 Å². The molecule has 170 valence electrons. The Morgan fingerprint density at radius 3 is 2.48 bits per heavy atom. The molecule has 0 radical (unpaired) electrons. The molecule has 2 aromatic carbocycles. The van der Waals surface area contributed by atoms with Crippen molar-refractivity contribution < 1.29 is 14.7 Å². The summed E-state index contributed by atoms with van der Waals surface area (Å²) >= 11 is 0. The van der Waals surface area contributed by atoms with Gasteiger partial charge in [0.05, 0.1) is 11.4 Å². The van der Waals surface area contributed by atoms with E-state index in [1.54, 1.807) is 18.2 Å². The highest BCUT2D eigenvalue weighted by molar-refractivity contribution is 5.95. The zero-order valence-electron chi connectivity index (χ0n) is 18.7. The minimum Gasteiger partial charge on any atom is -0.507 e. The van der Waals surface area contributed by atoms with Gasteiger partial charge >= 0.3 is 6.03 Å². The number of amides is 2. The molecule has 0 saturated heterocycles. The van der Waals surface area contributed by atoms with Crippen molar-refractivity contribution in [3.05, 3.63) is 65.4 Å². The molecular weight excluding hydrogens is 416 g/mol. The molecule has 0 unspecified atom stereocenters. The summed E-state index contributed by atoms with van der Waals surface area (Å²) in [6, 6.07) is 14.6. The van der Waals surface area contributed by atoms with Crippen LogP contribution in [0, 0.1) is 12.8 Å². The van der Waals surface area contributed by atoms with Gasteiger partial charge in [-0.3, -0.25) is 4.79 Å². The molecule has 2 aliphatic rings. The van der Waals surface area contributed by atoms with Crippen molar-refractivity contribution in [1.29, 1.82) is 0 Å². The Morgan fingerprint density at radius 1 is 1.06 bits per heavy atom. The quantitative estimate of drug-likeness (QED) is 0.469. The van der Waals surface area contributed by atoms with Gasteiger partial charge in [0.1, 0.15) is 5.75 Å². The molecule has 0 aliphatic heterocycles.